The third-order valence-corrected chi connectivity index (χ3v) is 2.77. The average Bonchev–Trinajstić information content (AvgIpc) is 2.56. The number of rotatable bonds is 1. The molecule has 12 heavy (non-hydrogen) atoms. The second-order valence-corrected chi connectivity index (χ2v) is 3.82. The third kappa shape index (κ3) is 1.55. The lowest BCUT2D eigenvalue weighted by molar-refractivity contribution is 0.407. The van der Waals surface area contributed by atoms with E-state index >= 15 is 0 Å². The minimum absolute atomic E-state index is 1.24. The molecule has 2 rings (SSSR count). The van der Waals surface area contributed by atoms with E-state index in [4.69, 9.17) is 0 Å². The molecule has 1 aliphatic heterocycles. The number of likely N-dealkylation sites (tertiary alicyclic amines) is 1. The molecule has 66 valence electrons. The zero-order chi connectivity index (χ0) is 8.39. The molecule has 1 fully saturated rings. The summed E-state index contributed by atoms with van der Waals surface area (Å²) in [5, 5.41) is 0. The van der Waals surface area contributed by atoms with Gasteiger partial charge in [-0.2, -0.15) is 0 Å². The number of hydrogen-bond acceptors (Lipinski definition) is 1. The van der Waals surface area contributed by atoms with Crippen LogP contribution >= 0.6 is 0 Å². The smallest absolute Gasteiger partial charge is 0.0175 e. The molecule has 0 saturated carbocycles. The highest BCUT2D eigenvalue weighted by atomic mass is 15.1. The van der Waals surface area contributed by atoms with E-state index in [-0.39, 0.29) is 0 Å². The van der Waals surface area contributed by atoms with Crippen LogP contribution in [0.2, 0.25) is 0 Å². The largest absolute Gasteiger partial charge is 0.375 e. The van der Waals surface area contributed by atoms with Gasteiger partial charge in [0.05, 0.1) is 0 Å². The lowest BCUT2D eigenvalue weighted by atomic mass is 10.0. The molecule has 0 aromatic heterocycles. The summed E-state index contributed by atoms with van der Waals surface area (Å²) in [4.78, 5) is 2.55. The van der Waals surface area contributed by atoms with Gasteiger partial charge in [-0.05, 0) is 38.7 Å². The Hall–Kier alpha value is -0.720. The van der Waals surface area contributed by atoms with Crippen molar-refractivity contribution in [3.63, 3.8) is 0 Å². The van der Waals surface area contributed by atoms with Crippen molar-refractivity contribution in [2.24, 2.45) is 0 Å². The maximum atomic E-state index is 2.55. The number of allylic oxidation sites excluding steroid dienone is 4. The van der Waals surface area contributed by atoms with E-state index in [0.29, 0.717) is 0 Å². The summed E-state index contributed by atoms with van der Waals surface area (Å²) in [6.07, 6.45) is 9.97. The molecule has 1 heteroatoms. The summed E-state index contributed by atoms with van der Waals surface area (Å²) in [6, 6.07) is 0. The highest BCUT2D eigenvalue weighted by Gasteiger charge is 2.15. The van der Waals surface area contributed by atoms with Crippen LogP contribution in [0.3, 0.4) is 0 Å². The highest BCUT2D eigenvalue weighted by Crippen LogP contribution is 2.23. The Labute approximate surface area is 74.8 Å². The molecule has 0 unspecified atom stereocenters. The molecule has 1 saturated heterocycles. The Kier molecular flexibility index (Phi) is 2.20. The standard InChI is InChI=1S/C11H17N/c1-10-5-4-6-11(9-10)12-7-2-3-8-12/h5,9H,2-4,6-8H2,1H3. The van der Waals surface area contributed by atoms with Crippen molar-refractivity contribution in [1.82, 2.24) is 4.90 Å². The molecule has 1 aliphatic carbocycles. The zero-order valence-electron chi connectivity index (χ0n) is 7.84. The minimum Gasteiger partial charge on any atom is -0.375 e. The first-order valence-electron chi connectivity index (χ1n) is 4.98. The van der Waals surface area contributed by atoms with Crippen LogP contribution in [0, 0.1) is 0 Å². The van der Waals surface area contributed by atoms with Crippen LogP contribution in [-0.2, 0) is 0 Å². The van der Waals surface area contributed by atoms with E-state index in [1.165, 1.54) is 44.3 Å². The monoisotopic (exact) mass is 163 g/mol. The molecule has 0 atom stereocenters. The SMILES string of the molecule is CC1=CCCC(N2CCCC2)=C1. The van der Waals surface area contributed by atoms with Gasteiger partial charge in [-0.15, -0.1) is 0 Å². The summed E-state index contributed by atoms with van der Waals surface area (Å²) in [5.74, 6) is 0. The van der Waals surface area contributed by atoms with E-state index in [1.54, 1.807) is 5.70 Å². The van der Waals surface area contributed by atoms with Crippen LogP contribution in [0.15, 0.2) is 23.4 Å². The fourth-order valence-electron chi connectivity index (χ4n) is 2.10. The molecule has 2 aliphatic rings. The molecule has 0 amide bonds. The van der Waals surface area contributed by atoms with Crippen molar-refractivity contribution in [1.29, 1.82) is 0 Å². The molecular formula is C11H17N. The molecule has 0 radical (unpaired) electrons. The quantitative estimate of drug-likeness (QED) is 0.574. The Morgan fingerprint density at radius 3 is 2.67 bits per heavy atom. The second-order valence-electron chi connectivity index (χ2n) is 3.82. The van der Waals surface area contributed by atoms with Gasteiger partial charge in [0.2, 0.25) is 0 Å². The van der Waals surface area contributed by atoms with E-state index < -0.39 is 0 Å². The Balaban J connectivity index is 2.07. The molecular weight excluding hydrogens is 146 g/mol. The maximum absolute atomic E-state index is 2.55. The second kappa shape index (κ2) is 3.34. The van der Waals surface area contributed by atoms with Crippen molar-refractivity contribution < 1.29 is 0 Å². The summed E-state index contributed by atoms with van der Waals surface area (Å²) in [7, 11) is 0. The molecule has 0 spiro atoms. The molecule has 0 aromatic carbocycles. The van der Waals surface area contributed by atoms with Crippen molar-refractivity contribution in [2.75, 3.05) is 13.1 Å². The fraction of sp³-hybridized carbons (Fsp3) is 0.636. The van der Waals surface area contributed by atoms with Gasteiger partial charge < -0.3 is 4.90 Å². The van der Waals surface area contributed by atoms with Crippen LogP contribution < -0.4 is 0 Å². The zero-order valence-corrected chi connectivity index (χ0v) is 7.84. The average molecular weight is 163 g/mol. The van der Waals surface area contributed by atoms with Gasteiger partial charge in [-0.1, -0.05) is 11.6 Å². The first kappa shape index (κ1) is 7.90. The normalized spacial score (nSPS) is 23.9. The Morgan fingerprint density at radius 1 is 1.25 bits per heavy atom. The predicted molar refractivity (Wildman–Crippen MR) is 51.9 cm³/mol. The minimum atomic E-state index is 1.24. The van der Waals surface area contributed by atoms with E-state index in [2.05, 4.69) is 24.0 Å². The summed E-state index contributed by atoms with van der Waals surface area (Å²) < 4.78 is 0. The Bertz CT molecular complexity index is 219. The van der Waals surface area contributed by atoms with Crippen LogP contribution in [-0.4, -0.2) is 18.0 Å². The molecule has 1 nitrogen and oxygen atoms in total. The highest BCUT2D eigenvalue weighted by molar-refractivity contribution is 5.25. The number of nitrogens with zero attached hydrogens (tertiary/aromatic N) is 1. The van der Waals surface area contributed by atoms with Gasteiger partial charge in [0, 0.05) is 18.8 Å². The molecule has 0 aromatic rings. The summed E-state index contributed by atoms with van der Waals surface area (Å²) in [5.41, 5.74) is 3.02. The van der Waals surface area contributed by atoms with Crippen LogP contribution in [0.4, 0.5) is 0 Å². The molecule has 0 N–H and O–H groups in total. The van der Waals surface area contributed by atoms with Crippen molar-refractivity contribution >= 4 is 0 Å². The van der Waals surface area contributed by atoms with Crippen molar-refractivity contribution in [3.8, 4) is 0 Å². The Morgan fingerprint density at radius 2 is 2.00 bits per heavy atom. The van der Waals surface area contributed by atoms with Gasteiger partial charge in [0.1, 0.15) is 0 Å². The van der Waals surface area contributed by atoms with Crippen LogP contribution in [0.25, 0.3) is 0 Å². The van der Waals surface area contributed by atoms with Gasteiger partial charge >= 0.3 is 0 Å². The van der Waals surface area contributed by atoms with Crippen LogP contribution in [0.1, 0.15) is 32.6 Å². The third-order valence-electron chi connectivity index (χ3n) is 2.77. The lowest BCUT2D eigenvalue weighted by Gasteiger charge is -2.23. The predicted octanol–water partition coefficient (Wildman–Crippen LogP) is 2.71. The van der Waals surface area contributed by atoms with E-state index in [0.717, 1.165) is 0 Å². The van der Waals surface area contributed by atoms with Crippen LogP contribution in [0.5, 0.6) is 0 Å². The first-order chi connectivity index (χ1) is 5.86. The van der Waals surface area contributed by atoms with Gasteiger partial charge in [-0.3, -0.25) is 0 Å². The topological polar surface area (TPSA) is 3.24 Å². The maximum Gasteiger partial charge on any atom is 0.0175 e. The fourth-order valence-corrected chi connectivity index (χ4v) is 2.10. The molecule has 0 bridgehead atoms. The first-order valence-corrected chi connectivity index (χ1v) is 4.98. The van der Waals surface area contributed by atoms with Crippen molar-refractivity contribution in [3.05, 3.63) is 23.4 Å². The summed E-state index contributed by atoms with van der Waals surface area (Å²) >= 11 is 0. The van der Waals surface area contributed by atoms with E-state index in [1.807, 2.05) is 0 Å². The molecule has 1 heterocycles. The van der Waals surface area contributed by atoms with E-state index in [9.17, 15) is 0 Å². The van der Waals surface area contributed by atoms with Gasteiger partial charge in [-0.25, -0.2) is 0 Å². The van der Waals surface area contributed by atoms with Gasteiger partial charge in [0.15, 0.2) is 0 Å². The lowest BCUT2D eigenvalue weighted by Crippen LogP contribution is -2.19. The van der Waals surface area contributed by atoms with Crippen molar-refractivity contribution in [2.45, 2.75) is 32.6 Å². The summed E-state index contributed by atoms with van der Waals surface area (Å²) in [6.45, 7) is 4.79. The van der Waals surface area contributed by atoms with Gasteiger partial charge in [0.25, 0.3) is 0 Å². The number of hydrogen-bond donors (Lipinski definition) is 0.